The summed E-state index contributed by atoms with van der Waals surface area (Å²) < 4.78 is 62.2. The molecular weight excluding hydrogens is 747 g/mol. The van der Waals surface area contributed by atoms with Gasteiger partial charge in [0.15, 0.2) is 0 Å². The van der Waals surface area contributed by atoms with Gasteiger partial charge in [-0.05, 0) is 59.4 Å². The molecule has 0 radical (unpaired) electrons. The fraction of sp³-hybridized carbons (Fsp3) is 0.400. The standard InChI is InChI=1S/C40H45N3O10S2/c44-35(25-39(21-7-1-8-22-39)27-37(46)42-52-54(48,49)33-19-11-15-29-13-3-5-17-31(29)33)41-36(45)26-40(23-9-2-10-24-40)28-38(47)43-53-55(50,51)34-20-12-16-30-14-4-6-18-32(30)34/h3-6,11-20H,1-2,7-10,21-28H2,(H,42,46)(H,43,47)(H,41,44,45). The minimum absolute atomic E-state index is 0.0946. The second-order valence-electron chi connectivity index (χ2n) is 14.9. The van der Waals surface area contributed by atoms with Gasteiger partial charge in [-0.15, -0.1) is 8.57 Å². The molecule has 55 heavy (non-hydrogen) atoms. The highest BCUT2D eigenvalue weighted by atomic mass is 32.2. The van der Waals surface area contributed by atoms with E-state index >= 15 is 0 Å². The minimum atomic E-state index is -4.36. The predicted molar refractivity (Wildman–Crippen MR) is 203 cm³/mol. The second-order valence-corrected chi connectivity index (χ2v) is 17.9. The van der Waals surface area contributed by atoms with Crippen molar-refractivity contribution >= 4 is 65.4 Å². The van der Waals surface area contributed by atoms with Crippen LogP contribution >= 0.6 is 0 Å². The topological polar surface area (TPSA) is 191 Å². The van der Waals surface area contributed by atoms with Crippen LogP contribution < -0.4 is 16.3 Å². The Bertz CT molecular complexity index is 2130. The summed E-state index contributed by atoms with van der Waals surface area (Å²) in [6.45, 7) is 0. The molecule has 2 fully saturated rings. The highest BCUT2D eigenvalue weighted by Crippen LogP contribution is 2.44. The predicted octanol–water partition coefficient (Wildman–Crippen LogP) is 6.27. The molecule has 2 aliphatic rings. The Morgan fingerprint density at radius 1 is 0.473 bits per heavy atom. The molecule has 0 atom stereocenters. The van der Waals surface area contributed by atoms with Gasteiger partial charge >= 0.3 is 20.2 Å². The molecule has 2 aliphatic carbocycles. The number of hydroxylamine groups is 2. The van der Waals surface area contributed by atoms with E-state index in [0.717, 1.165) is 38.5 Å². The highest BCUT2D eigenvalue weighted by molar-refractivity contribution is 7.87. The van der Waals surface area contributed by atoms with Crippen LogP contribution in [-0.4, -0.2) is 40.5 Å². The van der Waals surface area contributed by atoms with Crippen molar-refractivity contribution in [3.63, 3.8) is 0 Å². The first-order valence-corrected chi connectivity index (χ1v) is 21.3. The summed E-state index contributed by atoms with van der Waals surface area (Å²) in [4.78, 5) is 52.9. The summed E-state index contributed by atoms with van der Waals surface area (Å²) in [5.41, 5.74) is 2.50. The highest BCUT2D eigenvalue weighted by Gasteiger charge is 2.40. The normalized spacial score (nSPS) is 16.9. The van der Waals surface area contributed by atoms with E-state index in [2.05, 4.69) is 16.3 Å². The monoisotopic (exact) mass is 791 g/mol. The van der Waals surface area contributed by atoms with Gasteiger partial charge in [-0.3, -0.25) is 24.5 Å². The van der Waals surface area contributed by atoms with Gasteiger partial charge in [0.05, 0.1) is 0 Å². The summed E-state index contributed by atoms with van der Waals surface area (Å²) in [7, 11) is -8.73. The van der Waals surface area contributed by atoms with Gasteiger partial charge in [-0.2, -0.15) is 16.8 Å². The first-order valence-electron chi connectivity index (χ1n) is 18.5. The molecule has 4 amide bonds. The van der Waals surface area contributed by atoms with E-state index in [1.165, 1.54) is 12.1 Å². The van der Waals surface area contributed by atoms with Crippen LogP contribution in [0.3, 0.4) is 0 Å². The lowest BCUT2D eigenvalue weighted by atomic mass is 9.69. The molecule has 4 aromatic rings. The van der Waals surface area contributed by atoms with E-state index in [-0.39, 0.29) is 35.5 Å². The molecule has 0 saturated heterocycles. The average molecular weight is 792 g/mol. The molecule has 2 saturated carbocycles. The molecule has 3 N–H and O–H groups in total. The van der Waals surface area contributed by atoms with E-state index < -0.39 is 54.7 Å². The van der Waals surface area contributed by atoms with E-state index in [1.54, 1.807) is 72.8 Å². The minimum Gasteiger partial charge on any atom is -0.296 e. The number of nitrogens with one attached hydrogen (secondary N) is 3. The number of imide groups is 1. The van der Waals surface area contributed by atoms with Gasteiger partial charge in [0.2, 0.25) is 23.6 Å². The lowest BCUT2D eigenvalue weighted by Gasteiger charge is -2.37. The Morgan fingerprint density at radius 2 is 0.818 bits per heavy atom. The molecule has 4 aromatic carbocycles. The lowest BCUT2D eigenvalue weighted by molar-refractivity contribution is -0.135. The zero-order chi connectivity index (χ0) is 39.1. The molecule has 0 bridgehead atoms. The molecule has 0 aliphatic heterocycles. The molecule has 0 aromatic heterocycles. The Morgan fingerprint density at radius 3 is 1.22 bits per heavy atom. The third-order valence-corrected chi connectivity index (χ3v) is 13.2. The van der Waals surface area contributed by atoms with Crippen LogP contribution in [0, 0.1) is 10.8 Å². The maximum absolute atomic E-state index is 13.4. The van der Waals surface area contributed by atoms with Crippen molar-refractivity contribution in [3.05, 3.63) is 84.9 Å². The Labute approximate surface area is 320 Å². The zero-order valence-electron chi connectivity index (χ0n) is 30.4. The lowest BCUT2D eigenvalue weighted by Crippen LogP contribution is -2.42. The van der Waals surface area contributed by atoms with E-state index in [9.17, 15) is 36.0 Å². The maximum atomic E-state index is 13.4. The summed E-state index contributed by atoms with van der Waals surface area (Å²) in [5, 5.41) is 4.73. The van der Waals surface area contributed by atoms with E-state index in [1.807, 2.05) is 0 Å². The maximum Gasteiger partial charge on any atom is 0.318 e. The second kappa shape index (κ2) is 17.0. The van der Waals surface area contributed by atoms with Crippen LogP contribution in [0.4, 0.5) is 0 Å². The first-order chi connectivity index (χ1) is 26.3. The Balaban J connectivity index is 1.05. The summed E-state index contributed by atoms with van der Waals surface area (Å²) in [5.74, 6) is -2.57. The summed E-state index contributed by atoms with van der Waals surface area (Å²) >= 11 is 0. The number of fused-ring (bicyclic) bond motifs is 2. The largest absolute Gasteiger partial charge is 0.318 e. The number of hydrogen-bond donors (Lipinski definition) is 3. The van der Waals surface area contributed by atoms with Crippen molar-refractivity contribution in [1.29, 1.82) is 0 Å². The third kappa shape index (κ3) is 9.95. The van der Waals surface area contributed by atoms with Gasteiger partial charge in [0, 0.05) is 36.5 Å². The Kier molecular flexibility index (Phi) is 12.3. The quantitative estimate of drug-likeness (QED) is 0.123. The van der Waals surface area contributed by atoms with Gasteiger partial charge in [-0.1, -0.05) is 111 Å². The van der Waals surface area contributed by atoms with E-state index in [0.29, 0.717) is 47.2 Å². The fourth-order valence-electron chi connectivity index (χ4n) is 8.23. The van der Waals surface area contributed by atoms with Crippen LogP contribution in [0.1, 0.15) is 89.9 Å². The number of carbonyl (C=O) groups excluding carboxylic acids is 4. The van der Waals surface area contributed by atoms with Gasteiger partial charge in [0.25, 0.3) is 0 Å². The Hall–Kier alpha value is -4.70. The summed E-state index contributed by atoms with van der Waals surface area (Å²) in [6, 6.07) is 23.3. The molecule has 292 valence electrons. The van der Waals surface area contributed by atoms with Crippen molar-refractivity contribution in [2.24, 2.45) is 10.8 Å². The molecule has 0 unspecified atom stereocenters. The van der Waals surface area contributed by atoms with Crippen molar-refractivity contribution in [3.8, 4) is 0 Å². The van der Waals surface area contributed by atoms with Crippen LogP contribution in [0.5, 0.6) is 0 Å². The molecule has 6 rings (SSSR count). The van der Waals surface area contributed by atoms with E-state index in [4.69, 9.17) is 8.57 Å². The van der Waals surface area contributed by atoms with Crippen LogP contribution in [-0.2, 0) is 48.0 Å². The number of rotatable bonds is 14. The van der Waals surface area contributed by atoms with Crippen molar-refractivity contribution < 1.29 is 44.6 Å². The number of amides is 4. The molecule has 15 heteroatoms. The smallest absolute Gasteiger partial charge is 0.296 e. The van der Waals surface area contributed by atoms with Gasteiger partial charge < -0.3 is 0 Å². The number of carbonyl (C=O) groups is 4. The molecular formula is C40H45N3O10S2. The third-order valence-electron chi connectivity index (χ3n) is 10.8. The molecule has 0 heterocycles. The average Bonchev–Trinajstić information content (AvgIpc) is 3.16. The number of benzene rings is 4. The van der Waals surface area contributed by atoms with Crippen molar-refractivity contribution in [1.82, 2.24) is 16.3 Å². The van der Waals surface area contributed by atoms with Crippen molar-refractivity contribution in [2.75, 3.05) is 0 Å². The van der Waals surface area contributed by atoms with Gasteiger partial charge in [0.1, 0.15) is 9.79 Å². The van der Waals surface area contributed by atoms with Crippen LogP contribution in [0.2, 0.25) is 0 Å². The fourth-order valence-corrected chi connectivity index (χ4v) is 10.2. The molecule has 13 nitrogen and oxygen atoms in total. The van der Waals surface area contributed by atoms with Gasteiger partial charge in [-0.25, -0.2) is 11.0 Å². The number of hydrogen-bond acceptors (Lipinski definition) is 10. The van der Waals surface area contributed by atoms with Crippen molar-refractivity contribution in [2.45, 2.75) is 99.7 Å². The van der Waals surface area contributed by atoms with Crippen LogP contribution in [0.25, 0.3) is 21.5 Å². The summed E-state index contributed by atoms with van der Waals surface area (Å²) in [6.07, 6.45) is 6.23. The zero-order valence-corrected chi connectivity index (χ0v) is 32.0. The SMILES string of the molecule is O=C(CC1(CC(=O)NC(=O)CC2(CC(=O)NOS(=O)(=O)c3cccc4ccccc34)CCCCC2)CCCCC1)NOS(=O)(=O)c1cccc2ccccc12. The van der Waals surface area contributed by atoms with Crippen LogP contribution in [0.15, 0.2) is 94.7 Å². The molecule has 0 spiro atoms. The first kappa shape index (κ1) is 40.0.